The molecule has 0 saturated heterocycles. The van der Waals surface area contributed by atoms with Gasteiger partial charge in [-0.15, -0.1) is 5.10 Å². The van der Waals surface area contributed by atoms with Crippen LogP contribution in [0.1, 0.15) is 63.0 Å². The fourth-order valence-corrected chi connectivity index (χ4v) is 5.49. The molecule has 0 aliphatic carbocycles. The normalized spacial score (nSPS) is 12.9. The number of rotatable bonds is 21. The highest BCUT2D eigenvalue weighted by Crippen LogP contribution is 2.37. The summed E-state index contributed by atoms with van der Waals surface area (Å²) >= 11 is 4.02. The Kier molecular flexibility index (Phi) is 15.5. The Morgan fingerprint density at radius 1 is 0.843 bits per heavy atom. The van der Waals surface area contributed by atoms with Crippen molar-refractivity contribution in [2.75, 3.05) is 0 Å². The number of phenols is 2. The fraction of sp³-hybridized carbons (Fsp3) is 0.406. The van der Waals surface area contributed by atoms with E-state index in [1.807, 2.05) is 6.92 Å². The predicted molar refractivity (Wildman–Crippen MR) is 192 cm³/mol. The second-order valence-electron chi connectivity index (χ2n) is 12.1. The molecule has 0 unspecified atom stereocenters. The van der Waals surface area contributed by atoms with Gasteiger partial charge in [-0.25, -0.2) is 22.1 Å². The van der Waals surface area contributed by atoms with E-state index in [1.165, 1.54) is 38.0 Å². The van der Waals surface area contributed by atoms with Crippen LogP contribution in [0.3, 0.4) is 0 Å². The van der Waals surface area contributed by atoms with E-state index in [9.17, 15) is 44.4 Å². The van der Waals surface area contributed by atoms with E-state index < -0.39 is 65.9 Å². The SMILES string of the molecule is [B][B][C@H](CCCCn1cc([B]S)nn1)NC(=O)C[C@H](NC(=O)C[C@H](NC(=O)CCC(C)(c1ccc(O)cc1)c1ccc(O)cc1)C(=O)O)C(=O)O. The number of aliphatic carboxylic acids is 2. The van der Waals surface area contributed by atoms with Gasteiger partial charge in [0.2, 0.25) is 17.7 Å². The van der Waals surface area contributed by atoms with Crippen LogP contribution in [0.15, 0.2) is 54.7 Å². The van der Waals surface area contributed by atoms with E-state index in [4.69, 9.17) is 7.74 Å². The molecule has 3 atom stereocenters. The van der Waals surface area contributed by atoms with Gasteiger partial charge in [-0.05, 0) is 60.6 Å². The van der Waals surface area contributed by atoms with Crippen LogP contribution in [0.25, 0.3) is 0 Å². The number of aromatic nitrogens is 3. The third kappa shape index (κ3) is 12.7. The van der Waals surface area contributed by atoms with Gasteiger partial charge in [-0.2, -0.15) is 0 Å². The van der Waals surface area contributed by atoms with E-state index in [2.05, 4.69) is 38.7 Å². The van der Waals surface area contributed by atoms with Crippen molar-refractivity contribution in [3.63, 3.8) is 0 Å². The highest BCUT2D eigenvalue weighted by atomic mass is 32.1. The number of hydrogen-bond acceptors (Lipinski definition) is 10. The summed E-state index contributed by atoms with van der Waals surface area (Å²) in [5.74, 6) is -5.90. The number of amides is 3. The van der Waals surface area contributed by atoms with Crippen LogP contribution in [-0.4, -0.2) is 105 Å². The summed E-state index contributed by atoms with van der Waals surface area (Å²) in [4.78, 5) is 62.3. The van der Waals surface area contributed by atoms with Crippen molar-refractivity contribution in [3.05, 3.63) is 65.9 Å². The molecule has 51 heavy (non-hydrogen) atoms. The first-order chi connectivity index (χ1) is 24.2. The predicted octanol–water partition coefficient (Wildman–Crippen LogP) is -0.0307. The number of phenolic OH excluding ortho intramolecular Hbond substituents is 2. The lowest BCUT2D eigenvalue weighted by Crippen LogP contribution is -2.49. The monoisotopic (exact) mass is 716 g/mol. The third-order valence-electron chi connectivity index (χ3n) is 8.33. The minimum Gasteiger partial charge on any atom is -0.508 e. The van der Waals surface area contributed by atoms with Gasteiger partial charge in [0.25, 0.3) is 6.56 Å². The summed E-state index contributed by atoms with van der Waals surface area (Å²) in [6.07, 6.45) is 2.09. The average Bonchev–Trinajstić information content (AvgIpc) is 3.56. The number of unbranched alkanes of at least 4 members (excludes halogenated alkanes) is 1. The molecule has 0 bridgehead atoms. The summed E-state index contributed by atoms with van der Waals surface area (Å²) < 4.78 is 1.65. The molecule has 1 heterocycles. The zero-order chi connectivity index (χ0) is 37.6. The van der Waals surface area contributed by atoms with Crippen molar-refractivity contribution in [1.82, 2.24) is 30.9 Å². The summed E-state index contributed by atoms with van der Waals surface area (Å²) in [6.45, 7) is 3.95. The van der Waals surface area contributed by atoms with Crippen LogP contribution >= 0.6 is 12.5 Å². The lowest BCUT2D eigenvalue weighted by atomic mass is 9.49. The number of carbonyl (C=O) groups is 5. The number of aromatic hydroxyl groups is 2. The van der Waals surface area contributed by atoms with Crippen LogP contribution in [0.2, 0.25) is 0 Å². The van der Waals surface area contributed by atoms with E-state index in [-0.39, 0.29) is 24.3 Å². The summed E-state index contributed by atoms with van der Waals surface area (Å²) in [7, 11) is 6.94. The van der Waals surface area contributed by atoms with Crippen LogP contribution in [0, 0.1) is 0 Å². The van der Waals surface area contributed by atoms with E-state index in [0.29, 0.717) is 31.4 Å². The summed E-state index contributed by atoms with van der Waals surface area (Å²) in [6, 6.07) is 9.40. The number of carboxylic acids is 2. The number of carboxylic acid groups (broad SMARTS) is 2. The Bertz CT molecular complexity index is 1600. The third-order valence-corrected chi connectivity index (χ3v) is 8.59. The Morgan fingerprint density at radius 3 is 1.82 bits per heavy atom. The maximum Gasteiger partial charge on any atom is 0.326 e. The molecule has 3 aromatic rings. The van der Waals surface area contributed by atoms with Gasteiger partial charge in [-0.3, -0.25) is 19.1 Å². The molecule has 3 amide bonds. The quantitative estimate of drug-likeness (QED) is 0.0414. The van der Waals surface area contributed by atoms with Gasteiger partial charge >= 0.3 is 11.9 Å². The Hall–Kier alpha value is -4.93. The number of nitrogens with one attached hydrogen (secondary N) is 3. The van der Waals surface area contributed by atoms with Gasteiger partial charge < -0.3 is 36.4 Å². The summed E-state index contributed by atoms with van der Waals surface area (Å²) in [5.41, 5.74) is 1.32. The Morgan fingerprint density at radius 2 is 1.35 bits per heavy atom. The lowest BCUT2D eigenvalue weighted by Gasteiger charge is -2.31. The van der Waals surface area contributed by atoms with Gasteiger partial charge in [0, 0.05) is 32.3 Å². The standard InChI is InChI=1S/C32H39B3N6O9S/c1-32(19-5-9-21(42)10-6-19,20-7-11-22(43)12-8-20)14-13-27(44)36-23(30(47)48)16-28(45)37-24(31(49)50)17-29(46)38-25(34-33)4-2-3-15-41-18-26(35-51)39-40-41/h5-12,18,23-25,42-43,51H,2-4,13-17H2,1H3,(H,36,44)(H,37,45)(H,38,46)(H,47,48)(H,49,50)/t23-,24-,25-/m0/s1. The molecule has 3 rings (SSSR count). The minimum absolute atomic E-state index is 0.0466. The average molecular weight is 716 g/mol. The van der Waals surface area contributed by atoms with Crippen molar-refractivity contribution in [1.29, 1.82) is 0 Å². The molecule has 2 aromatic carbocycles. The van der Waals surface area contributed by atoms with Crippen molar-refractivity contribution in [2.24, 2.45) is 0 Å². The fourth-order valence-electron chi connectivity index (χ4n) is 5.37. The van der Waals surface area contributed by atoms with E-state index in [0.717, 1.165) is 11.1 Å². The van der Waals surface area contributed by atoms with Gasteiger partial charge in [-0.1, -0.05) is 42.8 Å². The van der Waals surface area contributed by atoms with Crippen molar-refractivity contribution < 1.29 is 44.4 Å². The van der Waals surface area contributed by atoms with Crippen LogP contribution in [0.5, 0.6) is 11.5 Å². The smallest absolute Gasteiger partial charge is 0.326 e. The second kappa shape index (κ2) is 19.5. The molecular weight excluding hydrogens is 677 g/mol. The highest BCUT2D eigenvalue weighted by Gasteiger charge is 2.32. The molecule has 0 fully saturated rings. The largest absolute Gasteiger partial charge is 0.508 e. The van der Waals surface area contributed by atoms with E-state index in [1.54, 1.807) is 35.1 Å². The Balaban J connectivity index is 1.53. The molecule has 0 spiro atoms. The number of hydrogen-bond donors (Lipinski definition) is 8. The van der Waals surface area contributed by atoms with Gasteiger partial charge in [0.1, 0.15) is 23.6 Å². The molecule has 266 valence electrons. The van der Waals surface area contributed by atoms with Crippen LogP contribution in [-0.2, 0) is 35.9 Å². The Labute approximate surface area is 303 Å². The minimum atomic E-state index is -1.69. The lowest BCUT2D eigenvalue weighted by molar-refractivity contribution is -0.145. The van der Waals surface area contributed by atoms with Crippen molar-refractivity contribution in [3.8, 4) is 11.5 Å². The molecular formula is C32H39B3N6O9S. The van der Waals surface area contributed by atoms with Crippen molar-refractivity contribution in [2.45, 2.75) is 81.9 Å². The van der Waals surface area contributed by atoms with Gasteiger partial charge in [0.15, 0.2) is 0 Å². The number of carbonyl (C=O) groups excluding carboxylic acids is 3. The number of benzene rings is 2. The van der Waals surface area contributed by atoms with Gasteiger partial charge in [0.05, 0.1) is 25.6 Å². The zero-order valence-corrected chi connectivity index (χ0v) is 28.8. The summed E-state index contributed by atoms with van der Waals surface area (Å²) in [5, 5.41) is 53.9. The first-order valence-corrected chi connectivity index (χ1v) is 16.6. The molecule has 15 nitrogen and oxygen atoms in total. The second-order valence-corrected chi connectivity index (χ2v) is 12.4. The maximum atomic E-state index is 13.0. The van der Waals surface area contributed by atoms with Crippen molar-refractivity contribution >= 4 is 69.2 Å². The molecule has 0 saturated carbocycles. The number of thiol groups is 1. The van der Waals surface area contributed by atoms with Crippen LogP contribution in [0.4, 0.5) is 0 Å². The van der Waals surface area contributed by atoms with E-state index >= 15 is 0 Å². The molecule has 0 aliphatic heterocycles. The molecule has 0 aliphatic rings. The maximum absolute atomic E-state index is 13.0. The first-order valence-electron chi connectivity index (χ1n) is 16.1. The first kappa shape index (κ1) is 40.5. The number of aryl methyl sites for hydroxylation is 1. The topological polar surface area (TPSA) is 233 Å². The molecule has 19 heteroatoms. The van der Waals surface area contributed by atoms with Crippen LogP contribution < -0.4 is 21.5 Å². The molecule has 7 N–H and O–H groups in total. The highest BCUT2D eigenvalue weighted by molar-refractivity contribution is 8.08. The molecule has 4 radical (unpaired) electrons. The number of nitrogens with zero attached hydrogens (tertiary/aromatic N) is 3. The zero-order valence-electron chi connectivity index (χ0n) is 27.9. The molecule has 1 aromatic heterocycles.